The molecule has 6 heteroatoms. The van der Waals surface area contributed by atoms with Gasteiger partial charge in [0.25, 0.3) is 0 Å². The lowest BCUT2D eigenvalue weighted by molar-refractivity contribution is -0.183. The van der Waals surface area contributed by atoms with Crippen LogP contribution in [-0.4, -0.2) is 44.7 Å². The Labute approximate surface area is 119 Å². The van der Waals surface area contributed by atoms with Crippen molar-refractivity contribution in [2.45, 2.75) is 51.6 Å². The summed E-state index contributed by atoms with van der Waals surface area (Å²) in [7, 11) is 0. The van der Waals surface area contributed by atoms with E-state index in [0.29, 0.717) is 26.2 Å². The predicted octanol–water partition coefficient (Wildman–Crippen LogP) is 1.81. The quantitative estimate of drug-likeness (QED) is 0.476. The van der Waals surface area contributed by atoms with Crippen LogP contribution in [0.5, 0.6) is 0 Å². The van der Waals surface area contributed by atoms with Gasteiger partial charge in [-0.25, -0.2) is 0 Å². The molecule has 0 aromatic heterocycles. The van der Waals surface area contributed by atoms with Crippen molar-refractivity contribution in [3.63, 3.8) is 0 Å². The Kier molecular flexibility index (Phi) is 8.98. The highest BCUT2D eigenvalue weighted by molar-refractivity contribution is 5.72. The van der Waals surface area contributed by atoms with Crippen molar-refractivity contribution in [2.75, 3.05) is 26.6 Å². The molecule has 0 aromatic rings. The van der Waals surface area contributed by atoms with Crippen molar-refractivity contribution in [1.82, 2.24) is 0 Å². The Balaban J connectivity index is 1.98. The molecule has 1 heterocycles. The Morgan fingerprint density at radius 2 is 1.75 bits per heavy atom. The lowest BCUT2D eigenvalue weighted by atomic mass is 10.2. The molecule has 0 bridgehead atoms. The summed E-state index contributed by atoms with van der Waals surface area (Å²) in [6.45, 7) is 3.54. The minimum absolute atomic E-state index is 0.209. The molecule has 1 rings (SSSR count). The van der Waals surface area contributed by atoms with Crippen molar-refractivity contribution < 1.29 is 28.5 Å². The van der Waals surface area contributed by atoms with E-state index in [2.05, 4.69) is 6.92 Å². The van der Waals surface area contributed by atoms with Crippen LogP contribution in [0.4, 0.5) is 0 Å². The molecule has 1 fully saturated rings. The fourth-order valence-corrected chi connectivity index (χ4v) is 1.77. The van der Waals surface area contributed by atoms with Crippen molar-refractivity contribution in [3.8, 4) is 0 Å². The average molecular weight is 288 g/mol. The summed E-state index contributed by atoms with van der Waals surface area (Å²) < 4.78 is 20.2. The number of hydrogen-bond acceptors (Lipinski definition) is 6. The molecule has 6 nitrogen and oxygen atoms in total. The fourth-order valence-electron chi connectivity index (χ4n) is 1.77. The SMILES string of the molecule is CCCCCOC(=O)CCCC(=O)OC1COCOC1. The maximum absolute atomic E-state index is 11.5. The largest absolute Gasteiger partial charge is 0.466 e. The molecular formula is C14H24O6. The number of hydrogen-bond donors (Lipinski definition) is 0. The lowest BCUT2D eigenvalue weighted by Gasteiger charge is -2.22. The van der Waals surface area contributed by atoms with Crippen molar-refractivity contribution in [3.05, 3.63) is 0 Å². The molecule has 1 saturated heterocycles. The van der Waals surface area contributed by atoms with Gasteiger partial charge in [-0.1, -0.05) is 19.8 Å². The number of carbonyl (C=O) groups excluding carboxylic acids is 2. The van der Waals surface area contributed by atoms with Crippen molar-refractivity contribution in [2.24, 2.45) is 0 Å². The van der Waals surface area contributed by atoms with Crippen molar-refractivity contribution in [1.29, 1.82) is 0 Å². The topological polar surface area (TPSA) is 71.1 Å². The second-order valence-electron chi connectivity index (χ2n) is 4.75. The molecule has 116 valence electrons. The highest BCUT2D eigenvalue weighted by Crippen LogP contribution is 2.06. The number of rotatable bonds is 9. The van der Waals surface area contributed by atoms with Crippen LogP contribution in [0, 0.1) is 0 Å². The number of ether oxygens (including phenoxy) is 4. The summed E-state index contributed by atoms with van der Waals surface area (Å²) in [5.74, 6) is -0.582. The third-order valence-electron chi connectivity index (χ3n) is 2.85. The third-order valence-corrected chi connectivity index (χ3v) is 2.85. The van der Waals surface area contributed by atoms with E-state index in [1.54, 1.807) is 0 Å². The van der Waals surface area contributed by atoms with E-state index in [1.165, 1.54) is 0 Å². The van der Waals surface area contributed by atoms with Gasteiger partial charge in [-0.3, -0.25) is 9.59 Å². The van der Waals surface area contributed by atoms with Gasteiger partial charge in [0.2, 0.25) is 0 Å². The van der Waals surface area contributed by atoms with Crippen LogP contribution in [-0.2, 0) is 28.5 Å². The van der Waals surface area contributed by atoms with E-state index in [4.69, 9.17) is 18.9 Å². The van der Waals surface area contributed by atoms with Crippen LogP contribution in [0.15, 0.2) is 0 Å². The van der Waals surface area contributed by atoms with E-state index >= 15 is 0 Å². The highest BCUT2D eigenvalue weighted by Gasteiger charge is 2.18. The van der Waals surface area contributed by atoms with Crippen molar-refractivity contribution >= 4 is 11.9 Å². The van der Waals surface area contributed by atoms with E-state index < -0.39 is 0 Å². The van der Waals surface area contributed by atoms with Gasteiger partial charge < -0.3 is 18.9 Å². The van der Waals surface area contributed by atoms with Gasteiger partial charge in [0.15, 0.2) is 0 Å². The maximum Gasteiger partial charge on any atom is 0.306 e. The zero-order chi connectivity index (χ0) is 14.6. The first-order valence-electron chi connectivity index (χ1n) is 7.23. The van der Waals surface area contributed by atoms with Crippen LogP contribution < -0.4 is 0 Å². The van der Waals surface area contributed by atoms with Gasteiger partial charge in [-0.05, 0) is 12.8 Å². The summed E-state index contributed by atoms with van der Waals surface area (Å²) in [4.78, 5) is 22.9. The minimum atomic E-state index is -0.336. The second kappa shape index (κ2) is 10.6. The average Bonchev–Trinajstić information content (AvgIpc) is 2.45. The zero-order valence-corrected chi connectivity index (χ0v) is 12.1. The van der Waals surface area contributed by atoms with Crippen LogP contribution in [0.2, 0.25) is 0 Å². The van der Waals surface area contributed by atoms with Gasteiger partial charge in [0.05, 0.1) is 19.8 Å². The number of esters is 2. The summed E-state index contributed by atoms with van der Waals surface area (Å²) in [5, 5.41) is 0. The third kappa shape index (κ3) is 8.12. The first-order valence-corrected chi connectivity index (χ1v) is 7.23. The lowest BCUT2D eigenvalue weighted by Crippen LogP contribution is -2.33. The molecular weight excluding hydrogens is 264 g/mol. The Bertz CT molecular complexity index is 285. The Hall–Kier alpha value is -1.14. The first-order chi connectivity index (χ1) is 9.72. The summed E-state index contributed by atoms with van der Waals surface area (Å²) in [6.07, 6.45) is 3.62. The van der Waals surface area contributed by atoms with Gasteiger partial charge in [0, 0.05) is 12.8 Å². The van der Waals surface area contributed by atoms with E-state index in [0.717, 1.165) is 19.3 Å². The van der Waals surface area contributed by atoms with Gasteiger partial charge >= 0.3 is 11.9 Å². The van der Waals surface area contributed by atoms with E-state index in [-0.39, 0.29) is 37.7 Å². The van der Waals surface area contributed by atoms with Crippen LogP contribution in [0.1, 0.15) is 45.4 Å². The van der Waals surface area contributed by atoms with Crippen LogP contribution in [0.3, 0.4) is 0 Å². The molecule has 20 heavy (non-hydrogen) atoms. The molecule has 0 N–H and O–H groups in total. The van der Waals surface area contributed by atoms with Crippen LogP contribution in [0.25, 0.3) is 0 Å². The Morgan fingerprint density at radius 3 is 2.45 bits per heavy atom. The highest BCUT2D eigenvalue weighted by atomic mass is 16.7. The predicted molar refractivity (Wildman–Crippen MR) is 71.0 cm³/mol. The molecule has 0 aromatic carbocycles. The normalized spacial score (nSPS) is 15.8. The molecule has 0 amide bonds. The maximum atomic E-state index is 11.5. The van der Waals surface area contributed by atoms with E-state index in [9.17, 15) is 9.59 Å². The molecule has 1 aliphatic heterocycles. The molecule has 0 unspecified atom stereocenters. The number of carbonyl (C=O) groups is 2. The van der Waals surface area contributed by atoms with Gasteiger partial charge in [0.1, 0.15) is 12.9 Å². The standard InChI is InChI=1S/C14H24O6/c1-2-3-4-8-19-13(15)6-5-7-14(16)20-12-9-17-11-18-10-12/h12H,2-11H2,1H3. The molecule has 0 radical (unpaired) electrons. The summed E-state index contributed by atoms with van der Waals surface area (Å²) in [6, 6.07) is 0. The monoisotopic (exact) mass is 288 g/mol. The molecule has 0 saturated carbocycles. The zero-order valence-electron chi connectivity index (χ0n) is 12.1. The van der Waals surface area contributed by atoms with Gasteiger partial charge in [-0.15, -0.1) is 0 Å². The van der Waals surface area contributed by atoms with Gasteiger partial charge in [-0.2, -0.15) is 0 Å². The molecule has 0 spiro atoms. The fraction of sp³-hybridized carbons (Fsp3) is 0.857. The van der Waals surface area contributed by atoms with E-state index in [1.807, 2.05) is 0 Å². The second-order valence-corrected chi connectivity index (χ2v) is 4.75. The van der Waals surface area contributed by atoms with Crippen LogP contribution >= 0.6 is 0 Å². The molecule has 1 aliphatic rings. The number of unbranched alkanes of at least 4 members (excludes halogenated alkanes) is 2. The minimum Gasteiger partial charge on any atom is -0.466 e. The molecule has 0 aliphatic carbocycles. The summed E-state index contributed by atoms with van der Waals surface area (Å²) >= 11 is 0. The Morgan fingerprint density at radius 1 is 1.05 bits per heavy atom. The first kappa shape index (κ1) is 16.9. The smallest absolute Gasteiger partial charge is 0.306 e. The molecule has 0 atom stereocenters. The summed E-state index contributed by atoms with van der Waals surface area (Å²) in [5.41, 5.74) is 0.